The van der Waals surface area contributed by atoms with Gasteiger partial charge in [0.1, 0.15) is 16.1 Å². The summed E-state index contributed by atoms with van der Waals surface area (Å²) < 4.78 is 12.1. The van der Waals surface area contributed by atoms with E-state index in [-0.39, 0.29) is 0 Å². The monoisotopic (exact) mass is 2070 g/mol. The summed E-state index contributed by atoms with van der Waals surface area (Å²) in [6.07, 6.45) is 12.5. The molecule has 0 saturated heterocycles. The SMILES string of the molecule is CC(C)[Si](C#Cc1c2cc3ccccc3cc2c(C#C[Si](C(C)C)(C(C)C)C(C)C)c2cc3ccccc3cc12)(C(C)C)C(C)C.CCCCCCc1cc(C)c(C#Cc2c3cc4ccccc4cc3c(C#Cc3c(C)cc(CCCCCC)cc3C)c3cc4ccccc4cc23)c(C)c1.C[CH](C)[Ge]([C]#Cc1c2cc3ccccc3cc2c(C#[C][Ge]([CH](C)C)([CH](C)C)[CH](C)C)c2cc3ccccc3cc12)([CH](C)C)[CH](C)C. The van der Waals surface area contributed by atoms with Crippen LogP contribution >= 0.6 is 0 Å². The predicted molar refractivity (Wildman–Crippen MR) is 661 cm³/mol. The normalized spacial score (nSPS) is 12.2. The maximum atomic E-state index is 4.16. The molecular weight excluding hydrogens is 1910 g/mol. The molecule has 4 heteroatoms. The minimum atomic E-state index is -2.62. The van der Waals surface area contributed by atoms with Crippen LogP contribution in [0.15, 0.2) is 243 Å². The molecule has 0 bridgehead atoms. The number of benzene rings is 17. The first-order valence-corrected chi connectivity index (χ1v) is 69.5. The molecule has 17 rings (SSSR count). The van der Waals surface area contributed by atoms with Crippen LogP contribution in [0.4, 0.5) is 0 Å². The van der Waals surface area contributed by atoms with Crippen molar-refractivity contribution in [2.75, 3.05) is 0 Å². The van der Waals surface area contributed by atoms with Crippen LogP contribution in [0.1, 0.15) is 309 Å². The first kappa shape index (κ1) is 109. The third kappa shape index (κ3) is 21.8. The molecule has 0 radical (unpaired) electrons. The van der Waals surface area contributed by atoms with Gasteiger partial charge in [0, 0.05) is 33.4 Å². The second kappa shape index (κ2) is 46.7. The van der Waals surface area contributed by atoms with Crippen molar-refractivity contribution >= 4 is 172 Å². The fourth-order valence-corrected chi connectivity index (χ4v) is 58.8. The zero-order chi connectivity index (χ0) is 105. The van der Waals surface area contributed by atoms with E-state index in [1.54, 1.807) is 0 Å². The van der Waals surface area contributed by atoms with Crippen molar-refractivity contribution in [2.24, 2.45) is 0 Å². The van der Waals surface area contributed by atoms with E-state index in [1.807, 2.05) is 0 Å². The van der Waals surface area contributed by atoms with Gasteiger partial charge >= 0.3 is 286 Å². The van der Waals surface area contributed by atoms with Crippen LogP contribution in [0.2, 0.25) is 61.7 Å². The molecule has 0 nitrogen and oxygen atoms in total. The molecule has 746 valence electrons. The molecular formula is C142H162Ge2Si2. The van der Waals surface area contributed by atoms with Crippen LogP contribution in [-0.2, 0) is 12.8 Å². The molecule has 0 spiro atoms. The number of rotatable bonds is 22. The molecule has 0 N–H and O–H groups in total. The van der Waals surface area contributed by atoms with Gasteiger partial charge < -0.3 is 0 Å². The van der Waals surface area contributed by atoms with Gasteiger partial charge in [-0.15, -0.1) is 11.1 Å². The van der Waals surface area contributed by atoms with E-state index in [0.29, 0.717) is 61.7 Å². The number of hydrogen-bond donors (Lipinski definition) is 0. The van der Waals surface area contributed by atoms with Gasteiger partial charge in [0.25, 0.3) is 0 Å². The Morgan fingerprint density at radius 1 is 0.199 bits per heavy atom. The van der Waals surface area contributed by atoms with Crippen LogP contribution in [0.3, 0.4) is 0 Å². The Hall–Kier alpha value is -11.3. The summed E-state index contributed by atoms with van der Waals surface area (Å²) in [6.45, 7) is 71.5. The van der Waals surface area contributed by atoms with Gasteiger partial charge in [0.15, 0.2) is 0 Å². The molecule has 146 heavy (non-hydrogen) atoms. The number of aryl methyl sites for hydroxylation is 6. The summed E-state index contributed by atoms with van der Waals surface area (Å²) in [5.74, 6) is 30.9. The van der Waals surface area contributed by atoms with Crippen LogP contribution in [0, 0.1) is 95.7 Å². The Bertz CT molecular complexity index is 7020. The van der Waals surface area contributed by atoms with Crippen molar-refractivity contribution in [3.63, 3.8) is 0 Å². The van der Waals surface area contributed by atoms with E-state index in [1.165, 1.54) is 215 Å². The number of hydrogen-bond acceptors (Lipinski definition) is 0. The molecule has 0 unspecified atom stereocenters. The van der Waals surface area contributed by atoms with E-state index in [4.69, 9.17) is 0 Å². The van der Waals surface area contributed by atoms with Gasteiger partial charge in [-0.1, -0.05) is 292 Å². The topological polar surface area (TPSA) is 0 Å². The van der Waals surface area contributed by atoms with Gasteiger partial charge in [-0.2, -0.15) is 0 Å². The molecule has 17 aromatic rings. The van der Waals surface area contributed by atoms with Gasteiger partial charge in [-0.05, 0) is 255 Å². The number of unbranched alkanes of at least 4 members (excludes halogenated alkanes) is 6. The van der Waals surface area contributed by atoms with E-state index in [2.05, 4.69) is 518 Å². The third-order valence-electron chi connectivity index (χ3n) is 34.1. The zero-order valence-corrected chi connectivity index (χ0v) is 100. The van der Waals surface area contributed by atoms with Crippen molar-refractivity contribution < 1.29 is 0 Å². The van der Waals surface area contributed by atoms with Crippen molar-refractivity contribution in [2.45, 2.75) is 334 Å². The fourth-order valence-electron chi connectivity index (χ4n) is 26.6. The first-order chi connectivity index (χ1) is 69.8. The average Bonchev–Trinajstić information content (AvgIpc) is 0.732. The van der Waals surface area contributed by atoms with Crippen LogP contribution < -0.4 is 0 Å². The molecule has 0 aliphatic rings. The van der Waals surface area contributed by atoms with Gasteiger partial charge in [-0.25, -0.2) is 0 Å². The van der Waals surface area contributed by atoms with E-state index in [9.17, 15) is 0 Å². The summed E-state index contributed by atoms with van der Waals surface area (Å²) in [5, 5.41) is 29.6. The molecule has 0 fully saturated rings. The van der Waals surface area contributed by atoms with Gasteiger partial charge in [0.2, 0.25) is 0 Å². The Kier molecular flexibility index (Phi) is 34.8. The van der Waals surface area contributed by atoms with E-state index < -0.39 is 42.7 Å². The molecule has 0 heterocycles. The molecule has 0 amide bonds. The molecule has 0 saturated carbocycles. The molecule has 17 aromatic carbocycles. The van der Waals surface area contributed by atoms with Crippen LogP contribution in [0.5, 0.6) is 0 Å². The van der Waals surface area contributed by atoms with Crippen LogP contribution in [-0.4, -0.2) is 42.7 Å². The molecule has 0 aromatic heterocycles. The Balaban J connectivity index is 0.000000165. The maximum absolute atomic E-state index is 4.16. The summed E-state index contributed by atoms with van der Waals surface area (Å²) in [5.41, 5.74) is 28.7. The van der Waals surface area contributed by atoms with Crippen molar-refractivity contribution in [1.29, 1.82) is 0 Å². The molecule has 0 aliphatic carbocycles. The quantitative estimate of drug-likeness (QED) is 0.0275. The summed E-state index contributed by atoms with van der Waals surface area (Å²) >= 11 is -5.24. The fraction of sp³-hybridized carbons (Fsp3) is 0.366. The van der Waals surface area contributed by atoms with E-state index in [0.717, 1.165) is 56.6 Å². The minimum absolute atomic E-state index is 0.575. The molecule has 0 atom stereocenters. The van der Waals surface area contributed by atoms with Crippen molar-refractivity contribution in [3.8, 4) is 68.0 Å². The second-order valence-electron chi connectivity index (χ2n) is 46.6. The van der Waals surface area contributed by atoms with Crippen LogP contribution in [0.25, 0.3) is 129 Å². The summed E-state index contributed by atoms with van der Waals surface area (Å²) in [6, 6.07) is 90.6. The third-order valence-corrected chi connectivity index (χ3v) is 73.0. The standard InChI is InChI=1S/C54H54.C44H54Ge2.C44H54Si2/c1-7-9-11-13-19-41-29-37(3)47(38(4)30-41)25-27-49-51-33-43-21-15-17-23-45(43)35-53(51)50(54-36-46-24-18-16-22-44(46)34-52(49)54)28-26-48-39(5)31-42(32-40(48)6)20-14-12-10-8-2;2*1-29(2)45(30(3)4,31(5)6)23-21-39-41-25-35-17-13-15-19-37(35)27-43(41)40(22-24-46(32(7)8,33(9)10)34(11)12)44-28-38-20-16-14-18-36(38)26-42(39)44/h15-18,21-24,29-36H,7-14,19-20H2,1-6H3;2*13-20,25-34H,1-12H3. The first-order valence-electron chi connectivity index (χ1n) is 55.6. The predicted octanol–water partition coefficient (Wildman–Crippen LogP) is 41.5. The Morgan fingerprint density at radius 3 is 0.527 bits per heavy atom. The Labute approximate surface area is 886 Å². The second-order valence-corrected chi connectivity index (χ2v) is 81.2. The Morgan fingerprint density at radius 2 is 0.363 bits per heavy atom. The molecule has 0 aliphatic heterocycles. The average molecular weight is 2070 g/mol. The number of fused-ring (bicyclic) bond motifs is 12. The van der Waals surface area contributed by atoms with Crippen molar-refractivity contribution in [1.82, 2.24) is 0 Å². The summed E-state index contributed by atoms with van der Waals surface area (Å²) in [4.78, 5) is 0. The van der Waals surface area contributed by atoms with Crippen molar-refractivity contribution in [3.05, 3.63) is 321 Å². The summed E-state index contributed by atoms with van der Waals surface area (Å²) in [7, 11) is -3.93. The zero-order valence-electron chi connectivity index (χ0n) is 94.1. The van der Waals surface area contributed by atoms with Gasteiger partial charge in [-0.3, -0.25) is 0 Å². The van der Waals surface area contributed by atoms with E-state index >= 15 is 0 Å². The van der Waals surface area contributed by atoms with Gasteiger partial charge in [0.05, 0.1) is 0 Å².